The average molecular weight is 278 g/mol. The first kappa shape index (κ1) is 12.2. The Balaban J connectivity index is 1.85. The Labute approximate surface area is 113 Å². The summed E-state index contributed by atoms with van der Waals surface area (Å²) in [7, 11) is 0. The van der Waals surface area contributed by atoms with Gasteiger partial charge in [0.05, 0.1) is 12.4 Å². The van der Waals surface area contributed by atoms with Crippen LogP contribution in [0, 0.1) is 0 Å². The van der Waals surface area contributed by atoms with E-state index in [1.807, 2.05) is 6.92 Å². The summed E-state index contributed by atoms with van der Waals surface area (Å²) < 4.78 is 1.70. The Morgan fingerprint density at radius 3 is 3.11 bits per heavy atom. The number of nitrogens with zero attached hydrogens (tertiary/aromatic N) is 4. The number of aromatic amines is 1. The van der Waals surface area contributed by atoms with Gasteiger partial charge in [-0.25, -0.2) is 14.9 Å². The molecule has 19 heavy (non-hydrogen) atoms. The van der Waals surface area contributed by atoms with Crippen LogP contribution in [0.4, 0.5) is 5.82 Å². The topological polar surface area (TPSA) is 88.5 Å². The van der Waals surface area contributed by atoms with Crippen LogP contribution in [0.5, 0.6) is 0 Å². The van der Waals surface area contributed by atoms with E-state index in [0.29, 0.717) is 11.2 Å². The lowest BCUT2D eigenvalue weighted by molar-refractivity contribution is 0.642. The molecule has 2 heterocycles. The molecule has 1 aliphatic rings. The highest BCUT2D eigenvalue weighted by molar-refractivity contribution is 7.99. The van der Waals surface area contributed by atoms with Gasteiger partial charge in [0, 0.05) is 12.6 Å². The van der Waals surface area contributed by atoms with E-state index in [0.717, 1.165) is 30.2 Å². The van der Waals surface area contributed by atoms with Crippen LogP contribution in [0.3, 0.4) is 0 Å². The van der Waals surface area contributed by atoms with E-state index >= 15 is 0 Å². The molecule has 0 atom stereocenters. The second-order valence-electron chi connectivity index (χ2n) is 4.29. The standard InChI is InChI=1S/C11H14N6OS/c1-2-13-8-5-12-6-9(14-8)19-11-16-15-10(18)17(11)7-3-4-7/h5-7H,2-4H2,1H3,(H,13,14)(H,15,18). The fourth-order valence-electron chi connectivity index (χ4n) is 1.77. The summed E-state index contributed by atoms with van der Waals surface area (Å²) in [4.78, 5) is 20.2. The highest BCUT2D eigenvalue weighted by Gasteiger charge is 2.28. The molecule has 1 aliphatic carbocycles. The Kier molecular flexibility index (Phi) is 3.24. The first-order valence-corrected chi connectivity index (χ1v) is 7.00. The highest BCUT2D eigenvalue weighted by atomic mass is 32.2. The number of rotatable bonds is 5. The molecule has 0 radical (unpaired) electrons. The van der Waals surface area contributed by atoms with E-state index in [-0.39, 0.29) is 5.69 Å². The molecule has 7 nitrogen and oxygen atoms in total. The van der Waals surface area contributed by atoms with E-state index in [1.54, 1.807) is 17.0 Å². The molecule has 2 aromatic heterocycles. The normalized spacial score (nSPS) is 14.6. The molecular weight excluding hydrogens is 264 g/mol. The maximum absolute atomic E-state index is 11.7. The Morgan fingerprint density at radius 2 is 2.37 bits per heavy atom. The van der Waals surface area contributed by atoms with Gasteiger partial charge in [0.2, 0.25) is 0 Å². The van der Waals surface area contributed by atoms with Crippen molar-refractivity contribution < 1.29 is 0 Å². The zero-order valence-corrected chi connectivity index (χ0v) is 11.3. The van der Waals surface area contributed by atoms with Crippen molar-refractivity contribution in [1.29, 1.82) is 0 Å². The number of H-pyrrole nitrogens is 1. The second-order valence-corrected chi connectivity index (χ2v) is 5.28. The molecule has 2 N–H and O–H groups in total. The minimum absolute atomic E-state index is 0.152. The number of anilines is 1. The van der Waals surface area contributed by atoms with Crippen molar-refractivity contribution in [3.8, 4) is 0 Å². The molecule has 100 valence electrons. The third kappa shape index (κ3) is 2.62. The van der Waals surface area contributed by atoms with Crippen LogP contribution in [0.25, 0.3) is 0 Å². The predicted molar refractivity (Wildman–Crippen MR) is 71.4 cm³/mol. The summed E-state index contributed by atoms with van der Waals surface area (Å²) in [5, 5.41) is 11.0. The van der Waals surface area contributed by atoms with Gasteiger partial charge in [-0.3, -0.25) is 9.55 Å². The largest absolute Gasteiger partial charge is 0.369 e. The summed E-state index contributed by atoms with van der Waals surface area (Å²) in [5.41, 5.74) is -0.152. The van der Waals surface area contributed by atoms with Gasteiger partial charge in [-0.05, 0) is 31.5 Å². The van der Waals surface area contributed by atoms with E-state index in [1.165, 1.54) is 11.8 Å². The maximum atomic E-state index is 11.7. The summed E-state index contributed by atoms with van der Waals surface area (Å²) in [6.45, 7) is 2.79. The molecule has 0 amide bonds. The van der Waals surface area contributed by atoms with E-state index in [2.05, 4.69) is 25.5 Å². The summed E-state index contributed by atoms with van der Waals surface area (Å²) in [5.74, 6) is 0.725. The van der Waals surface area contributed by atoms with Gasteiger partial charge in [-0.15, -0.1) is 5.10 Å². The van der Waals surface area contributed by atoms with E-state index < -0.39 is 0 Å². The maximum Gasteiger partial charge on any atom is 0.344 e. The minimum Gasteiger partial charge on any atom is -0.369 e. The van der Waals surface area contributed by atoms with Crippen LogP contribution in [0.1, 0.15) is 25.8 Å². The second kappa shape index (κ2) is 5.04. The van der Waals surface area contributed by atoms with Gasteiger partial charge >= 0.3 is 5.69 Å². The minimum atomic E-state index is -0.152. The molecule has 3 rings (SSSR count). The Hall–Kier alpha value is -1.83. The quantitative estimate of drug-likeness (QED) is 0.856. The van der Waals surface area contributed by atoms with E-state index in [4.69, 9.17) is 0 Å². The van der Waals surface area contributed by atoms with Crippen LogP contribution < -0.4 is 11.0 Å². The van der Waals surface area contributed by atoms with Crippen LogP contribution in [0.15, 0.2) is 27.4 Å². The first-order valence-electron chi connectivity index (χ1n) is 6.18. The fraction of sp³-hybridized carbons (Fsp3) is 0.455. The molecule has 0 aromatic carbocycles. The lowest BCUT2D eigenvalue weighted by Crippen LogP contribution is -2.16. The summed E-state index contributed by atoms with van der Waals surface area (Å²) in [6.07, 6.45) is 5.42. The van der Waals surface area contributed by atoms with Crippen LogP contribution in [-0.4, -0.2) is 31.3 Å². The highest BCUT2D eigenvalue weighted by Crippen LogP contribution is 2.37. The van der Waals surface area contributed by atoms with Crippen molar-refractivity contribution in [1.82, 2.24) is 24.7 Å². The Bertz CT molecular complexity index is 632. The number of hydrogen-bond acceptors (Lipinski definition) is 6. The van der Waals surface area contributed by atoms with Gasteiger partial charge in [-0.1, -0.05) is 0 Å². The van der Waals surface area contributed by atoms with Gasteiger partial charge in [0.25, 0.3) is 0 Å². The zero-order chi connectivity index (χ0) is 13.2. The first-order chi connectivity index (χ1) is 9.28. The molecule has 0 saturated heterocycles. The molecular formula is C11H14N6OS. The van der Waals surface area contributed by atoms with E-state index in [9.17, 15) is 4.79 Å². The third-order valence-corrected chi connectivity index (χ3v) is 3.63. The van der Waals surface area contributed by atoms with Crippen molar-refractivity contribution in [2.24, 2.45) is 0 Å². The zero-order valence-electron chi connectivity index (χ0n) is 10.5. The monoisotopic (exact) mass is 278 g/mol. The van der Waals surface area contributed by atoms with Crippen LogP contribution in [-0.2, 0) is 0 Å². The van der Waals surface area contributed by atoms with Crippen LogP contribution >= 0.6 is 11.8 Å². The molecule has 8 heteroatoms. The summed E-state index contributed by atoms with van der Waals surface area (Å²) >= 11 is 1.35. The Morgan fingerprint density at radius 1 is 1.53 bits per heavy atom. The van der Waals surface area contributed by atoms with Gasteiger partial charge in [-0.2, -0.15) is 0 Å². The SMILES string of the molecule is CCNc1cncc(Sc2n[nH]c(=O)n2C2CC2)n1. The molecule has 2 aromatic rings. The van der Waals surface area contributed by atoms with Gasteiger partial charge in [0.15, 0.2) is 5.16 Å². The smallest absolute Gasteiger partial charge is 0.344 e. The summed E-state index contributed by atoms with van der Waals surface area (Å²) in [6, 6.07) is 0.290. The van der Waals surface area contributed by atoms with Gasteiger partial charge in [0.1, 0.15) is 10.8 Å². The molecule has 0 bridgehead atoms. The molecule has 0 aliphatic heterocycles. The molecule has 0 unspecified atom stereocenters. The van der Waals surface area contributed by atoms with Crippen molar-refractivity contribution in [3.63, 3.8) is 0 Å². The van der Waals surface area contributed by atoms with Crippen molar-refractivity contribution in [3.05, 3.63) is 22.9 Å². The average Bonchev–Trinajstić information content (AvgIpc) is 3.16. The van der Waals surface area contributed by atoms with Gasteiger partial charge < -0.3 is 5.32 Å². The van der Waals surface area contributed by atoms with Crippen molar-refractivity contribution >= 4 is 17.6 Å². The molecule has 0 spiro atoms. The lowest BCUT2D eigenvalue weighted by atomic mass is 10.6. The number of nitrogens with one attached hydrogen (secondary N) is 2. The lowest BCUT2D eigenvalue weighted by Gasteiger charge is -2.05. The molecule has 1 saturated carbocycles. The third-order valence-electron chi connectivity index (χ3n) is 2.75. The van der Waals surface area contributed by atoms with Crippen molar-refractivity contribution in [2.45, 2.75) is 36.0 Å². The number of aromatic nitrogens is 5. The molecule has 1 fully saturated rings. The van der Waals surface area contributed by atoms with Crippen LogP contribution in [0.2, 0.25) is 0 Å². The predicted octanol–water partition coefficient (Wildman–Crippen LogP) is 1.28. The fourth-order valence-corrected chi connectivity index (χ4v) is 2.64. The van der Waals surface area contributed by atoms with Crippen molar-refractivity contribution in [2.75, 3.05) is 11.9 Å². The number of hydrogen-bond donors (Lipinski definition) is 2.